The second-order valence-electron chi connectivity index (χ2n) is 2.41. The van der Waals surface area contributed by atoms with Crippen molar-refractivity contribution in [2.24, 2.45) is 0 Å². The Morgan fingerprint density at radius 1 is 1.44 bits per heavy atom. The van der Waals surface area contributed by atoms with E-state index in [4.69, 9.17) is 0 Å². The number of hydrogen-bond acceptors (Lipinski definition) is 0. The first-order chi connectivity index (χ1) is 4.31. The Balaban J connectivity index is 3.07. The van der Waals surface area contributed by atoms with Crippen molar-refractivity contribution in [3.05, 3.63) is 11.9 Å². The molecule has 0 N–H and O–H groups in total. The lowest BCUT2D eigenvalue weighted by Crippen LogP contribution is -1.76. The summed E-state index contributed by atoms with van der Waals surface area (Å²) < 4.78 is 11.7. The van der Waals surface area contributed by atoms with Gasteiger partial charge in [-0.05, 0) is 25.3 Å². The first-order valence-corrected chi connectivity index (χ1v) is 3.57. The first kappa shape index (κ1) is 8.67. The van der Waals surface area contributed by atoms with E-state index in [1.807, 2.05) is 6.92 Å². The van der Waals surface area contributed by atoms with Crippen molar-refractivity contribution < 1.29 is 4.39 Å². The van der Waals surface area contributed by atoms with Crippen molar-refractivity contribution in [2.75, 3.05) is 0 Å². The zero-order chi connectivity index (χ0) is 7.11. The van der Waals surface area contributed by atoms with Crippen LogP contribution in [-0.4, -0.2) is 0 Å². The summed E-state index contributed by atoms with van der Waals surface area (Å²) in [5.74, 6) is 0. The summed E-state index contributed by atoms with van der Waals surface area (Å²) in [4.78, 5) is 0. The van der Waals surface area contributed by atoms with Crippen LogP contribution in [0, 0.1) is 0 Å². The van der Waals surface area contributed by atoms with Gasteiger partial charge in [0.25, 0.3) is 0 Å². The smallest absolute Gasteiger partial charge is 0.0856 e. The summed E-state index contributed by atoms with van der Waals surface area (Å²) in [5.41, 5.74) is 0.864. The third-order valence-electron chi connectivity index (χ3n) is 1.36. The fourth-order valence-corrected chi connectivity index (χ4v) is 0.708. The Labute approximate surface area is 56.8 Å². The van der Waals surface area contributed by atoms with E-state index in [-0.39, 0.29) is 0 Å². The molecule has 0 bridgehead atoms. The van der Waals surface area contributed by atoms with Crippen molar-refractivity contribution in [3.63, 3.8) is 0 Å². The van der Waals surface area contributed by atoms with Crippen molar-refractivity contribution in [1.82, 2.24) is 0 Å². The van der Waals surface area contributed by atoms with Crippen molar-refractivity contribution >= 4 is 0 Å². The van der Waals surface area contributed by atoms with Crippen LogP contribution in [0.25, 0.3) is 0 Å². The van der Waals surface area contributed by atoms with E-state index in [0.29, 0.717) is 6.33 Å². The van der Waals surface area contributed by atoms with Crippen molar-refractivity contribution in [2.45, 2.75) is 39.5 Å². The fraction of sp³-hybridized carbons (Fsp3) is 0.750. The molecule has 0 atom stereocenters. The summed E-state index contributed by atoms with van der Waals surface area (Å²) in [6.45, 7) is 3.98. The van der Waals surface area contributed by atoms with Gasteiger partial charge >= 0.3 is 0 Å². The summed E-state index contributed by atoms with van der Waals surface area (Å²) >= 11 is 0. The van der Waals surface area contributed by atoms with E-state index in [1.54, 1.807) is 0 Å². The minimum absolute atomic E-state index is 0.704. The summed E-state index contributed by atoms with van der Waals surface area (Å²) in [6.07, 6.45) is 5.17. The van der Waals surface area contributed by atoms with Crippen LogP contribution in [-0.2, 0) is 0 Å². The van der Waals surface area contributed by atoms with Crippen molar-refractivity contribution in [3.8, 4) is 0 Å². The van der Waals surface area contributed by atoms with Crippen LogP contribution in [0.1, 0.15) is 39.5 Å². The largest absolute Gasteiger partial charge is 0.216 e. The molecule has 0 aliphatic heterocycles. The maximum Gasteiger partial charge on any atom is 0.0856 e. The summed E-state index contributed by atoms with van der Waals surface area (Å²) in [5, 5.41) is 0. The molecule has 0 unspecified atom stereocenters. The van der Waals surface area contributed by atoms with Gasteiger partial charge in [-0.3, -0.25) is 0 Å². The minimum atomic E-state index is 0.704. The van der Waals surface area contributed by atoms with Gasteiger partial charge in [0.2, 0.25) is 0 Å². The van der Waals surface area contributed by atoms with Gasteiger partial charge in [-0.25, -0.2) is 4.39 Å². The molecular weight excluding hydrogens is 115 g/mol. The first-order valence-electron chi connectivity index (χ1n) is 3.57. The molecule has 0 fully saturated rings. The van der Waals surface area contributed by atoms with Crippen LogP contribution in [0.5, 0.6) is 0 Å². The molecule has 0 saturated carbocycles. The highest BCUT2D eigenvalue weighted by Crippen LogP contribution is 2.07. The topological polar surface area (TPSA) is 0 Å². The maximum absolute atomic E-state index is 11.7. The molecule has 0 aliphatic rings. The molecule has 1 heteroatoms. The summed E-state index contributed by atoms with van der Waals surface area (Å²) in [6, 6.07) is 0. The average Bonchev–Trinajstić information content (AvgIpc) is 1.89. The number of unbranched alkanes of at least 4 members (excludes halogenated alkanes) is 2. The molecule has 0 saturated heterocycles. The Bertz CT molecular complexity index is 84.6. The van der Waals surface area contributed by atoms with Gasteiger partial charge in [-0.2, -0.15) is 0 Å². The third kappa shape index (κ3) is 5.54. The lowest BCUT2D eigenvalue weighted by Gasteiger charge is -1.95. The number of allylic oxidation sites excluding steroid dienone is 1. The fourth-order valence-electron chi connectivity index (χ4n) is 0.708. The van der Waals surface area contributed by atoms with Crippen LogP contribution in [0.15, 0.2) is 11.9 Å². The van der Waals surface area contributed by atoms with E-state index < -0.39 is 0 Å². The monoisotopic (exact) mass is 130 g/mol. The average molecular weight is 130 g/mol. The molecule has 0 aliphatic carbocycles. The van der Waals surface area contributed by atoms with E-state index in [2.05, 4.69) is 6.92 Å². The van der Waals surface area contributed by atoms with Crippen LogP contribution in [0.4, 0.5) is 4.39 Å². The van der Waals surface area contributed by atoms with Gasteiger partial charge in [0.1, 0.15) is 0 Å². The van der Waals surface area contributed by atoms with Crippen LogP contribution in [0.2, 0.25) is 0 Å². The second-order valence-corrected chi connectivity index (χ2v) is 2.41. The highest BCUT2D eigenvalue weighted by atomic mass is 19.1. The molecule has 0 rings (SSSR count). The van der Waals surface area contributed by atoms with Crippen LogP contribution >= 0.6 is 0 Å². The van der Waals surface area contributed by atoms with Gasteiger partial charge in [0, 0.05) is 0 Å². The predicted molar refractivity (Wildman–Crippen MR) is 39.0 cm³/mol. The van der Waals surface area contributed by atoms with Gasteiger partial charge in [-0.1, -0.05) is 19.8 Å². The maximum atomic E-state index is 11.7. The highest BCUT2D eigenvalue weighted by molar-refractivity contribution is 4.91. The zero-order valence-corrected chi connectivity index (χ0v) is 6.28. The SMILES string of the molecule is CCCCCC(C)=CF. The Morgan fingerprint density at radius 3 is 2.56 bits per heavy atom. The quantitative estimate of drug-likeness (QED) is 0.511. The highest BCUT2D eigenvalue weighted by Gasteiger charge is 1.88. The lowest BCUT2D eigenvalue weighted by atomic mass is 10.1. The second kappa shape index (κ2) is 5.80. The molecule has 54 valence electrons. The third-order valence-corrected chi connectivity index (χ3v) is 1.36. The molecule has 9 heavy (non-hydrogen) atoms. The molecule has 0 heterocycles. The standard InChI is InChI=1S/C8H15F/c1-3-4-5-6-8(2)7-9/h7H,3-6H2,1-2H3. The van der Waals surface area contributed by atoms with Crippen LogP contribution < -0.4 is 0 Å². The minimum Gasteiger partial charge on any atom is -0.216 e. The van der Waals surface area contributed by atoms with E-state index in [1.165, 1.54) is 12.8 Å². The molecule has 0 radical (unpaired) electrons. The molecular formula is C8H15F. The number of rotatable bonds is 4. The Kier molecular flexibility index (Phi) is 5.59. The van der Waals surface area contributed by atoms with Gasteiger partial charge < -0.3 is 0 Å². The molecule has 0 aromatic carbocycles. The molecule has 0 spiro atoms. The molecule has 0 aromatic heterocycles. The van der Waals surface area contributed by atoms with E-state index in [9.17, 15) is 4.39 Å². The van der Waals surface area contributed by atoms with Gasteiger partial charge in [0.05, 0.1) is 6.33 Å². The normalized spacial score (nSPS) is 12.1. The van der Waals surface area contributed by atoms with Crippen molar-refractivity contribution in [1.29, 1.82) is 0 Å². The van der Waals surface area contributed by atoms with Gasteiger partial charge in [0.15, 0.2) is 0 Å². The Hall–Kier alpha value is -0.330. The van der Waals surface area contributed by atoms with Gasteiger partial charge in [-0.15, -0.1) is 0 Å². The molecule has 0 nitrogen and oxygen atoms in total. The number of hydrogen-bond donors (Lipinski definition) is 0. The molecule has 0 amide bonds. The Morgan fingerprint density at radius 2 is 2.11 bits per heavy atom. The lowest BCUT2D eigenvalue weighted by molar-refractivity contribution is 0.670. The van der Waals surface area contributed by atoms with Crippen LogP contribution in [0.3, 0.4) is 0 Å². The zero-order valence-electron chi connectivity index (χ0n) is 6.28. The van der Waals surface area contributed by atoms with E-state index >= 15 is 0 Å². The predicted octanol–water partition coefficient (Wildman–Crippen LogP) is 3.44. The number of halogens is 1. The molecule has 0 aromatic rings. The van der Waals surface area contributed by atoms with E-state index in [0.717, 1.165) is 18.4 Å². The summed E-state index contributed by atoms with van der Waals surface area (Å²) in [7, 11) is 0.